The van der Waals surface area contributed by atoms with Crippen molar-refractivity contribution < 1.29 is 24.5 Å². The molecule has 0 heterocycles. The summed E-state index contributed by atoms with van der Waals surface area (Å²) >= 11 is 0. The van der Waals surface area contributed by atoms with E-state index in [0.717, 1.165) is 12.0 Å². The number of ether oxygens (including phenoxy) is 1. The average molecular weight is 478 g/mol. The van der Waals surface area contributed by atoms with Crippen LogP contribution in [0.3, 0.4) is 0 Å². The van der Waals surface area contributed by atoms with Crippen LogP contribution in [0.25, 0.3) is 0 Å². The van der Waals surface area contributed by atoms with E-state index < -0.39 is 12.2 Å². The van der Waals surface area contributed by atoms with Gasteiger partial charge in [-0.2, -0.15) is 0 Å². The van der Waals surface area contributed by atoms with Gasteiger partial charge in [0.25, 0.3) is 5.91 Å². The lowest BCUT2D eigenvalue weighted by Gasteiger charge is -2.32. The molecule has 2 aromatic rings. The van der Waals surface area contributed by atoms with Gasteiger partial charge in [-0.15, -0.1) is 0 Å². The van der Waals surface area contributed by atoms with Crippen LogP contribution >= 0.6 is 0 Å². The molecule has 1 fully saturated rings. The van der Waals surface area contributed by atoms with E-state index in [4.69, 9.17) is 9.84 Å². The van der Waals surface area contributed by atoms with Gasteiger partial charge in [0.15, 0.2) is 6.23 Å². The lowest BCUT2D eigenvalue weighted by molar-refractivity contribution is -0.137. The first-order valence-corrected chi connectivity index (χ1v) is 12.4. The van der Waals surface area contributed by atoms with E-state index in [0.29, 0.717) is 42.2 Å². The zero-order valence-corrected chi connectivity index (χ0v) is 20.6. The lowest BCUT2D eigenvalue weighted by atomic mass is 9.86. The van der Waals surface area contributed by atoms with Crippen LogP contribution in [0.15, 0.2) is 48.5 Å². The maximum absolute atomic E-state index is 13.4. The van der Waals surface area contributed by atoms with Gasteiger partial charge in [-0.3, -0.25) is 9.59 Å². The Hall–Kier alpha value is -3.30. The van der Waals surface area contributed by atoms with E-state index in [9.17, 15) is 14.7 Å². The first-order valence-electron chi connectivity index (χ1n) is 12.4. The zero-order chi connectivity index (χ0) is 25.2. The van der Waals surface area contributed by atoms with Gasteiger partial charge in [0.1, 0.15) is 5.75 Å². The number of carbonyl (C=O) groups excluding carboxylic acids is 1. The fourth-order valence-electron chi connectivity index (χ4n) is 3.92. The van der Waals surface area contributed by atoms with Crippen LogP contribution < -0.4 is 4.74 Å². The van der Waals surface area contributed by atoms with E-state index in [-0.39, 0.29) is 18.4 Å². The Morgan fingerprint density at radius 3 is 2.40 bits per heavy atom. The Balaban J connectivity index is 1.67. The first-order chi connectivity index (χ1) is 16.9. The predicted molar refractivity (Wildman–Crippen MR) is 135 cm³/mol. The molecule has 186 valence electrons. The highest BCUT2D eigenvalue weighted by atomic mass is 16.5. The number of para-hydroxylation sites is 1. The Morgan fingerprint density at radius 1 is 1.06 bits per heavy atom. The summed E-state index contributed by atoms with van der Waals surface area (Å²) in [5.74, 6) is 6.41. The molecule has 6 nitrogen and oxygen atoms in total. The van der Waals surface area contributed by atoms with Crippen molar-refractivity contribution in [2.75, 3.05) is 6.61 Å². The van der Waals surface area contributed by atoms with E-state index in [1.807, 2.05) is 32.0 Å². The molecule has 2 aromatic carbocycles. The fraction of sp³-hybridized carbons (Fsp3) is 0.448. The summed E-state index contributed by atoms with van der Waals surface area (Å²) in [5, 5.41) is 20.0. The third-order valence-electron chi connectivity index (χ3n) is 6.20. The number of carboxylic acids is 1. The molecule has 0 radical (unpaired) electrons. The second kappa shape index (κ2) is 13.0. The second-order valence-corrected chi connectivity index (χ2v) is 9.25. The summed E-state index contributed by atoms with van der Waals surface area (Å²) in [6.07, 6.45) is 4.61. The molecule has 1 unspecified atom stereocenters. The maximum atomic E-state index is 13.4. The number of carboxylic acid groups (broad SMARTS) is 1. The van der Waals surface area contributed by atoms with Gasteiger partial charge in [-0.25, -0.2) is 0 Å². The topological polar surface area (TPSA) is 87.1 Å². The van der Waals surface area contributed by atoms with Gasteiger partial charge in [-0.1, -0.05) is 36.5 Å². The largest absolute Gasteiger partial charge is 0.493 e. The summed E-state index contributed by atoms with van der Waals surface area (Å²) in [6, 6.07) is 14.1. The maximum Gasteiger partial charge on any atom is 0.303 e. The zero-order valence-electron chi connectivity index (χ0n) is 20.6. The molecule has 2 N–H and O–H groups in total. The van der Waals surface area contributed by atoms with Crippen molar-refractivity contribution in [2.45, 2.75) is 71.1 Å². The van der Waals surface area contributed by atoms with Gasteiger partial charge in [-0.05, 0) is 76.3 Å². The number of carbonyl (C=O) groups is 2. The van der Waals surface area contributed by atoms with Crippen molar-refractivity contribution in [1.29, 1.82) is 0 Å². The lowest BCUT2D eigenvalue weighted by Crippen LogP contribution is -2.40. The minimum absolute atomic E-state index is 0.148. The standard InChI is InChI=1S/C29H35NO5/c1-21(2)30(28(33)24-18-16-23(17-19-24)15-14-22-9-8-10-22)29(34)25-11-5-6-12-26(25)35-20-7-3-4-13-27(31)32/h5-6,11-12,16-19,21-22,29,34H,3-4,7-10,13,20H2,1-2H3,(H,31,32). The van der Waals surface area contributed by atoms with Crippen molar-refractivity contribution in [3.05, 3.63) is 65.2 Å². The minimum atomic E-state index is -1.18. The highest BCUT2D eigenvalue weighted by molar-refractivity contribution is 5.94. The monoisotopic (exact) mass is 477 g/mol. The molecule has 3 rings (SSSR count). The van der Waals surface area contributed by atoms with Gasteiger partial charge < -0.3 is 19.8 Å². The Kier molecular flexibility index (Phi) is 9.75. The number of unbranched alkanes of at least 4 members (excludes halogenated alkanes) is 2. The molecule has 1 aliphatic carbocycles. The smallest absolute Gasteiger partial charge is 0.303 e. The number of aliphatic carboxylic acids is 1. The van der Waals surface area contributed by atoms with Crippen LogP contribution in [0.5, 0.6) is 5.75 Å². The average Bonchev–Trinajstić information content (AvgIpc) is 2.80. The minimum Gasteiger partial charge on any atom is -0.493 e. The van der Waals surface area contributed by atoms with Crippen LogP contribution in [-0.4, -0.2) is 39.6 Å². The number of nitrogens with zero attached hydrogens (tertiary/aromatic N) is 1. The molecule has 0 aliphatic heterocycles. The number of rotatable bonds is 11. The van der Waals surface area contributed by atoms with Crippen molar-refractivity contribution in [3.8, 4) is 17.6 Å². The van der Waals surface area contributed by atoms with Gasteiger partial charge in [0.2, 0.25) is 0 Å². The molecular weight excluding hydrogens is 442 g/mol. The number of benzene rings is 2. The van der Waals surface area contributed by atoms with Crippen molar-refractivity contribution >= 4 is 11.9 Å². The van der Waals surface area contributed by atoms with Crippen molar-refractivity contribution in [1.82, 2.24) is 4.90 Å². The second-order valence-electron chi connectivity index (χ2n) is 9.25. The summed E-state index contributed by atoms with van der Waals surface area (Å²) in [5.41, 5.74) is 1.89. The Bertz CT molecular complexity index is 1050. The van der Waals surface area contributed by atoms with E-state index in [1.54, 1.807) is 30.3 Å². The third kappa shape index (κ3) is 7.60. The molecule has 35 heavy (non-hydrogen) atoms. The van der Waals surface area contributed by atoms with E-state index in [2.05, 4.69) is 11.8 Å². The number of aliphatic hydroxyl groups excluding tert-OH is 1. The van der Waals surface area contributed by atoms with Crippen LogP contribution in [0.4, 0.5) is 0 Å². The van der Waals surface area contributed by atoms with Crippen LogP contribution in [-0.2, 0) is 4.79 Å². The SMILES string of the molecule is CC(C)N(C(=O)c1ccc(C#CC2CCC2)cc1)C(O)c1ccccc1OCCCCCC(=O)O. The summed E-state index contributed by atoms with van der Waals surface area (Å²) in [6.45, 7) is 4.14. The molecular formula is C29H35NO5. The summed E-state index contributed by atoms with van der Waals surface area (Å²) < 4.78 is 5.90. The summed E-state index contributed by atoms with van der Waals surface area (Å²) in [4.78, 5) is 25.5. The van der Waals surface area contributed by atoms with Crippen molar-refractivity contribution in [2.24, 2.45) is 5.92 Å². The van der Waals surface area contributed by atoms with Crippen LogP contribution in [0.1, 0.15) is 86.5 Å². The number of hydrogen-bond donors (Lipinski definition) is 2. The number of amides is 1. The van der Waals surface area contributed by atoms with Gasteiger partial charge in [0, 0.05) is 35.1 Å². The quantitative estimate of drug-likeness (QED) is 0.257. The first kappa shape index (κ1) is 26.3. The molecule has 0 saturated heterocycles. The fourth-order valence-corrected chi connectivity index (χ4v) is 3.92. The number of hydrogen-bond acceptors (Lipinski definition) is 4. The van der Waals surface area contributed by atoms with Crippen molar-refractivity contribution in [3.63, 3.8) is 0 Å². The molecule has 1 atom stereocenters. The molecule has 0 aromatic heterocycles. The highest BCUT2D eigenvalue weighted by Gasteiger charge is 2.29. The van der Waals surface area contributed by atoms with Crippen LogP contribution in [0, 0.1) is 17.8 Å². The normalized spacial score (nSPS) is 13.9. The molecule has 0 bridgehead atoms. The molecule has 6 heteroatoms. The Labute approximate surface area is 207 Å². The van der Waals surface area contributed by atoms with Crippen LogP contribution in [0.2, 0.25) is 0 Å². The predicted octanol–water partition coefficient (Wildman–Crippen LogP) is 5.40. The Morgan fingerprint density at radius 2 is 1.77 bits per heavy atom. The van der Waals surface area contributed by atoms with E-state index in [1.165, 1.54) is 24.2 Å². The molecule has 0 spiro atoms. The molecule has 1 aliphatic rings. The molecule has 1 amide bonds. The van der Waals surface area contributed by atoms with E-state index >= 15 is 0 Å². The highest BCUT2D eigenvalue weighted by Crippen LogP contribution is 2.30. The number of aliphatic hydroxyl groups is 1. The third-order valence-corrected chi connectivity index (χ3v) is 6.20. The van der Waals surface area contributed by atoms with Gasteiger partial charge in [0.05, 0.1) is 6.61 Å². The van der Waals surface area contributed by atoms with Gasteiger partial charge >= 0.3 is 5.97 Å². The molecule has 1 saturated carbocycles. The summed E-state index contributed by atoms with van der Waals surface area (Å²) in [7, 11) is 0.